The second-order valence-electron chi connectivity index (χ2n) is 6.25. The molecular formula is C20H31N5. The minimum Gasteiger partial charge on any atom is -0.357 e. The van der Waals surface area contributed by atoms with E-state index in [-0.39, 0.29) is 0 Å². The van der Waals surface area contributed by atoms with Crippen molar-refractivity contribution < 1.29 is 0 Å². The van der Waals surface area contributed by atoms with Gasteiger partial charge >= 0.3 is 0 Å². The summed E-state index contributed by atoms with van der Waals surface area (Å²) in [5.41, 5.74) is 2.11. The van der Waals surface area contributed by atoms with E-state index in [1.807, 2.05) is 24.3 Å². The van der Waals surface area contributed by atoms with Crippen LogP contribution in [0.2, 0.25) is 0 Å². The molecule has 2 aromatic rings. The molecule has 1 heterocycles. The Hall–Kier alpha value is -2.30. The number of benzene rings is 1. The first kappa shape index (κ1) is 19.0. The van der Waals surface area contributed by atoms with Crippen molar-refractivity contribution in [2.45, 2.75) is 39.0 Å². The highest BCUT2D eigenvalue weighted by atomic mass is 15.3. The predicted molar refractivity (Wildman–Crippen MR) is 107 cm³/mol. The van der Waals surface area contributed by atoms with E-state index in [2.05, 4.69) is 46.8 Å². The van der Waals surface area contributed by atoms with E-state index in [4.69, 9.17) is 4.99 Å². The van der Waals surface area contributed by atoms with Gasteiger partial charge in [0.2, 0.25) is 0 Å². The van der Waals surface area contributed by atoms with Crippen LogP contribution < -0.4 is 5.32 Å². The van der Waals surface area contributed by atoms with Gasteiger partial charge in [0.25, 0.3) is 0 Å². The SMILES string of the molecule is C=CCCCCCN(C)C(=NCCc1nc2ccccc2[nH]1)NCC. The Bertz CT molecular complexity index is 641. The molecule has 2 N–H and O–H groups in total. The van der Waals surface area contributed by atoms with Crippen molar-refractivity contribution in [2.75, 3.05) is 26.7 Å². The molecule has 0 radical (unpaired) electrons. The summed E-state index contributed by atoms with van der Waals surface area (Å²) in [4.78, 5) is 14.9. The highest BCUT2D eigenvalue weighted by Gasteiger charge is 2.06. The number of unbranched alkanes of at least 4 members (excludes halogenated alkanes) is 3. The van der Waals surface area contributed by atoms with Crippen LogP contribution in [-0.4, -0.2) is 47.5 Å². The summed E-state index contributed by atoms with van der Waals surface area (Å²) < 4.78 is 0. The molecule has 0 bridgehead atoms. The summed E-state index contributed by atoms with van der Waals surface area (Å²) >= 11 is 0. The quantitative estimate of drug-likeness (QED) is 0.299. The van der Waals surface area contributed by atoms with Gasteiger partial charge in [-0.1, -0.05) is 24.6 Å². The molecule has 5 heteroatoms. The maximum Gasteiger partial charge on any atom is 0.193 e. The normalized spacial score (nSPS) is 11.7. The van der Waals surface area contributed by atoms with Crippen LogP contribution in [0.3, 0.4) is 0 Å². The van der Waals surface area contributed by atoms with Crippen LogP contribution >= 0.6 is 0 Å². The van der Waals surface area contributed by atoms with Crippen molar-refractivity contribution in [3.8, 4) is 0 Å². The van der Waals surface area contributed by atoms with E-state index in [1.165, 1.54) is 19.3 Å². The molecule has 2 rings (SSSR count). The molecule has 0 amide bonds. The summed E-state index contributed by atoms with van der Waals surface area (Å²) in [6, 6.07) is 8.12. The first-order valence-corrected chi connectivity index (χ1v) is 9.28. The molecule has 136 valence electrons. The van der Waals surface area contributed by atoms with E-state index in [1.54, 1.807) is 0 Å². The minimum atomic E-state index is 0.725. The van der Waals surface area contributed by atoms with Crippen LogP contribution in [0.15, 0.2) is 41.9 Å². The molecule has 1 aromatic carbocycles. The van der Waals surface area contributed by atoms with Crippen LogP contribution in [-0.2, 0) is 6.42 Å². The lowest BCUT2D eigenvalue weighted by Crippen LogP contribution is -2.39. The first-order valence-electron chi connectivity index (χ1n) is 9.28. The van der Waals surface area contributed by atoms with E-state index in [9.17, 15) is 0 Å². The molecule has 0 saturated carbocycles. The van der Waals surface area contributed by atoms with E-state index in [0.29, 0.717) is 0 Å². The van der Waals surface area contributed by atoms with Crippen LogP contribution in [0.25, 0.3) is 11.0 Å². The molecule has 0 spiro atoms. The molecule has 0 aliphatic carbocycles. The van der Waals surface area contributed by atoms with Crippen LogP contribution in [0.1, 0.15) is 38.4 Å². The van der Waals surface area contributed by atoms with Crippen molar-refractivity contribution >= 4 is 17.0 Å². The van der Waals surface area contributed by atoms with E-state index < -0.39 is 0 Å². The third kappa shape index (κ3) is 6.25. The zero-order valence-corrected chi connectivity index (χ0v) is 15.6. The smallest absolute Gasteiger partial charge is 0.193 e. The number of hydrogen-bond donors (Lipinski definition) is 2. The number of nitrogens with one attached hydrogen (secondary N) is 2. The number of nitrogens with zero attached hydrogens (tertiary/aromatic N) is 3. The number of guanidine groups is 1. The van der Waals surface area contributed by atoms with Crippen LogP contribution in [0, 0.1) is 0 Å². The zero-order chi connectivity index (χ0) is 17.9. The van der Waals surface area contributed by atoms with Crippen molar-refractivity contribution in [3.05, 3.63) is 42.7 Å². The fourth-order valence-corrected chi connectivity index (χ4v) is 2.78. The standard InChI is InChI=1S/C20H31N5/c1-4-6-7-8-11-16-25(3)20(21-5-2)22-15-14-19-23-17-12-9-10-13-18(17)24-19/h4,9-10,12-13H,1,5-8,11,14-16H2,2-3H3,(H,21,22)(H,23,24). The average molecular weight is 342 g/mol. The van der Waals surface area contributed by atoms with Crippen molar-refractivity contribution in [1.82, 2.24) is 20.2 Å². The number of imidazole rings is 1. The fraction of sp³-hybridized carbons (Fsp3) is 0.500. The van der Waals surface area contributed by atoms with Gasteiger partial charge in [-0.05, 0) is 38.3 Å². The largest absolute Gasteiger partial charge is 0.357 e. The number of hydrogen-bond acceptors (Lipinski definition) is 2. The number of aromatic amines is 1. The number of rotatable bonds is 10. The molecule has 0 fully saturated rings. The number of fused-ring (bicyclic) bond motifs is 1. The lowest BCUT2D eigenvalue weighted by molar-refractivity contribution is 0.455. The Kier molecular flexibility index (Phi) is 8.02. The lowest BCUT2D eigenvalue weighted by atomic mass is 10.2. The number of aromatic nitrogens is 2. The molecule has 0 saturated heterocycles. The Labute approximate surface area is 151 Å². The molecule has 0 aliphatic heterocycles. The van der Waals surface area contributed by atoms with Gasteiger partial charge < -0.3 is 15.2 Å². The van der Waals surface area contributed by atoms with Gasteiger partial charge in [0.05, 0.1) is 11.0 Å². The monoisotopic (exact) mass is 341 g/mol. The third-order valence-corrected chi connectivity index (χ3v) is 4.15. The highest BCUT2D eigenvalue weighted by Crippen LogP contribution is 2.10. The minimum absolute atomic E-state index is 0.725. The Morgan fingerprint density at radius 2 is 2.16 bits per heavy atom. The van der Waals surface area contributed by atoms with Gasteiger partial charge in [-0.3, -0.25) is 4.99 Å². The maximum absolute atomic E-state index is 4.75. The second kappa shape index (κ2) is 10.5. The number of aliphatic imine (C=N–C) groups is 1. The van der Waals surface area contributed by atoms with Gasteiger partial charge in [0, 0.05) is 33.1 Å². The van der Waals surface area contributed by atoms with Crippen LogP contribution in [0.4, 0.5) is 0 Å². The highest BCUT2D eigenvalue weighted by molar-refractivity contribution is 5.79. The summed E-state index contributed by atoms with van der Waals surface area (Å²) in [6.07, 6.45) is 7.55. The zero-order valence-electron chi connectivity index (χ0n) is 15.6. The molecule has 25 heavy (non-hydrogen) atoms. The second-order valence-corrected chi connectivity index (χ2v) is 6.25. The summed E-state index contributed by atoms with van der Waals surface area (Å²) in [6.45, 7) is 8.50. The Morgan fingerprint density at radius 3 is 2.92 bits per heavy atom. The van der Waals surface area contributed by atoms with Gasteiger partial charge in [0.15, 0.2) is 5.96 Å². The van der Waals surface area contributed by atoms with Gasteiger partial charge in [-0.25, -0.2) is 4.98 Å². The molecule has 0 aliphatic rings. The van der Waals surface area contributed by atoms with Crippen molar-refractivity contribution in [3.63, 3.8) is 0 Å². The topological polar surface area (TPSA) is 56.3 Å². The number of para-hydroxylation sites is 2. The average Bonchev–Trinajstić information content (AvgIpc) is 3.03. The predicted octanol–water partition coefficient (Wildman–Crippen LogP) is 3.75. The molecule has 0 unspecified atom stereocenters. The van der Waals surface area contributed by atoms with Crippen LogP contribution in [0.5, 0.6) is 0 Å². The van der Waals surface area contributed by atoms with Gasteiger partial charge in [0.1, 0.15) is 5.82 Å². The first-order chi connectivity index (χ1) is 12.2. The van der Waals surface area contributed by atoms with Crippen molar-refractivity contribution in [1.29, 1.82) is 0 Å². The third-order valence-electron chi connectivity index (χ3n) is 4.15. The maximum atomic E-state index is 4.75. The molecular weight excluding hydrogens is 310 g/mol. The summed E-state index contributed by atoms with van der Waals surface area (Å²) in [7, 11) is 2.11. The number of H-pyrrole nitrogens is 1. The summed E-state index contributed by atoms with van der Waals surface area (Å²) in [5, 5.41) is 3.38. The number of allylic oxidation sites excluding steroid dienone is 1. The van der Waals surface area contributed by atoms with E-state index >= 15 is 0 Å². The van der Waals surface area contributed by atoms with Crippen molar-refractivity contribution in [2.24, 2.45) is 4.99 Å². The van der Waals surface area contributed by atoms with E-state index in [0.717, 1.165) is 55.3 Å². The van der Waals surface area contributed by atoms with Gasteiger partial charge in [-0.2, -0.15) is 0 Å². The molecule has 1 aromatic heterocycles. The van der Waals surface area contributed by atoms with Gasteiger partial charge in [-0.15, -0.1) is 6.58 Å². The fourth-order valence-electron chi connectivity index (χ4n) is 2.78. The lowest BCUT2D eigenvalue weighted by Gasteiger charge is -2.22. The Balaban J connectivity index is 1.84. The summed E-state index contributed by atoms with van der Waals surface area (Å²) in [5.74, 6) is 1.97. The Morgan fingerprint density at radius 1 is 1.32 bits per heavy atom. The molecule has 5 nitrogen and oxygen atoms in total. The molecule has 0 atom stereocenters.